The molecule has 164 valence electrons. The van der Waals surface area contributed by atoms with E-state index in [0.717, 1.165) is 24.2 Å². The average molecular weight is 423 g/mol. The summed E-state index contributed by atoms with van der Waals surface area (Å²) in [6.45, 7) is 8.21. The Kier molecular flexibility index (Phi) is 5.42. The summed E-state index contributed by atoms with van der Waals surface area (Å²) < 4.78 is 10.5. The molecule has 2 aromatic rings. The maximum absolute atomic E-state index is 13.1. The first-order valence-corrected chi connectivity index (χ1v) is 10.7. The van der Waals surface area contributed by atoms with E-state index >= 15 is 0 Å². The summed E-state index contributed by atoms with van der Waals surface area (Å²) >= 11 is 0. The summed E-state index contributed by atoms with van der Waals surface area (Å²) in [6.07, 6.45) is 0.650. The van der Waals surface area contributed by atoms with Crippen molar-refractivity contribution in [2.45, 2.75) is 45.4 Å². The number of esters is 1. The molecule has 4 rings (SSSR count). The summed E-state index contributed by atoms with van der Waals surface area (Å²) in [6, 6.07) is 17.5. The van der Waals surface area contributed by atoms with E-state index in [-0.39, 0.29) is 35.7 Å². The molecule has 0 aromatic heterocycles. The Bertz CT molecular complexity index is 952. The van der Waals surface area contributed by atoms with E-state index in [4.69, 9.17) is 9.47 Å². The van der Waals surface area contributed by atoms with Crippen LogP contribution in [0.2, 0.25) is 0 Å². The molecule has 2 aliphatic rings. The van der Waals surface area contributed by atoms with Crippen LogP contribution >= 0.6 is 0 Å². The number of fused-ring (bicyclic) bond motifs is 2. The molecule has 2 aliphatic heterocycles. The van der Waals surface area contributed by atoms with Gasteiger partial charge >= 0.3 is 12.1 Å². The van der Waals surface area contributed by atoms with Crippen LogP contribution in [0.3, 0.4) is 0 Å². The number of hydrogen-bond donors (Lipinski definition) is 0. The Morgan fingerprint density at radius 1 is 1.06 bits per heavy atom. The normalized spacial score (nSPS) is 22.5. The van der Waals surface area contributed by atoms with E-state index in [9.17, 15) is 9.59 Å². The zero-order chi connectivity index (χ0) is 22.2. The number of nitrogens with zero attached hydrogens (tertiary/aromatic N) is 2. The van der Waals surface area contributed by atoms with Gasteiger partial charge in [0.15, 0.2) is 0 Å². The van der Waals surface area contributed by atoms with Gasteiger partial charge in [-0.1, -0.05) is 51.1 Å². The van der Waals surface area contributed by atoms with Crippen LogP contribution in [-0.2, 0) is 16.1 Å². The van der Waals surface area contributed by atoms with E-state index in [1.807, 2.05) is 47.4 Å². The average Bonchev–Trinajstić information content (AvgIpc) is 3.36. The molecule has 2 fully saturated rings. The van der Waals surface area contributed by atoms with Gasteiger partial charge in [-0.15, -0.1) is 0 Å². The molecule has 31 heavy (non-hydrogen) atoms. The quantitative estimate of drug-likeness (QED) is 0.680. The summed E-state index contributed by atoms with van der Waals surface area (Å²) in [5.74, 6) is -0.340. The van der Waals surface area contributed by atoms with Crippen molar-refractivity contribution in [3.8, 4) is 0 Å². The van der Waals surface area contributed by atoms with Crippen molar-refractivity contribution in [3.63, 3.8) is 0 Å². The van der Waals surface area contributed by atoms with E-state index < -0.39 is 0 Å². The van der Waals surface area contributed by atoms with E-state index in [2.05, 4.69) is 25.7 Å². The van der Waals surface area contributed by atoms with Crippen molar-refractivity contribution >= 4 is 17.7 Å². The summed E-state index contributed by atoms with van der Waals surface area (Å²) in [5, 5.41) is 0. The second-order valence-electron chi connectivity index (χ2n) is 9.46. The highest BCUT2D eigenvalue weighted by Gasteiger charge is 2.62. The minimum absolute atomic E-state index is 0.117. The number of carbonyl (C=O) groups excluding carboxylic acids is 2. The molecule has 2 saturated heterocycles. The Hall–Kier alpha value is -3.02. The van der Waals surface area contributed by atoms with Crippen LogP contribution in [0.4, 0.5) is 10.5 Å². The molecule has 0 aliphatic carbocycles. The predicted octanol–water partition coefficient (Wildman–Crippen LogP) is 4.49. The maximum Gasteiger partial charge on any atom is 0.410 e. The monoisotopic (exact) mass is 422 g/mol. The van der Waals surface area contributed by atoms with Crippen LogP contribution in [-0.4, -0.2) is 48.7 Å². The zero-order valence-electron chi connectivity index (χ0n) is 18.6. The maximum atomic E-state index is 13.1. The number of likely N-dealkylation sites (tertiary alicyclic amines) is 1. The minimum Gasteiger partial charge on any atom is -0.465 e. The second kappa shape index (κ2) is 7.91. The second-order valence-corrected chi connectivity index (χ2v) is 9.46. The number of carbonyl (C=O) groups is 2. The third-order valence-corrected chi connectivity index (χ3v) is 6.80. The van der Waals surface area contributed by atoms with Gasteiger partial charge in [0.25, 0.3) is 0 Å². The topological polar surface area (TPSA) is 59.1 Å². The van der Waals surface area contributed by atoms with Gasteiger partial charge in [0.05, 0.1) is 18.2 Å². The number of methoxy groups -OCH3 is 1. The van der Waals surface area contributed by atoms with Crippen molar-refractivity contribution in [2.24, 2.45) is 5.41 Å². The van der Waals surface area contributed by atoms with Gasteiger partial charge in [-0.25, -0.2) is 9.59 Å². The molecule has 0 spiro atoms. The number of hydrogen-bond acceptors (Lipinski definition) is 5. The van der Waals surface area contributed by atoms with Crippen molar-refractivity contribution in [2.75, 3.05) is 25.1 Å². The first kappa shape index (κ1) is 21.2. The van der Waals surface area contributed by atoms with Gasteiger partial charge in [-0.3, -0.25) is 4.90 Å². The molecular formula is C25H30N2O4. The molecule has 6 heteroatoms. The number of amides is 1. The lowest BCUT2D eigenvalue weighted by Gasteiger charge is -2.49. The Morgan fingerprint density at radius 3 is 2.35 bits per heavy atom. The Balaban J connectivity index is 1.52. The van der Waals surface area contributed by atoms with Gasteiger partial charge in [-0.2, -0.15) is 0 Å². The molecule has 2 bridgehead atoms. The third-order valence-electron chi connectivity index (χ3n) is 6.80. The SMILES string of the molecule is COC(=O)c1ccc(N2CC3(C(C)(C)C)CC2CN3C(=O)OCc2ccccc2)cc1. The fourth-order valence-corrected chi connectivity index (χ4v) is 4.92. The number of benzene rings is 2. The molecule has 2 heterocycles. The summed E-state index contributed by atoms with van der Waals surface area (Å²) in [5.41, 5.74) is 2.14. The van der Waals surface area contributed by atoms with E-state index in [1.165, 1.54) is 7.11 Å². The number of ether oxygens (including phenoxy) is 2. The highest BCUT2D eigenvalue weighted by Crippen LogP contribution is 2.51. The first-order valence-electron chi connectivity index (χ1n) is 10.7. The summed E-state index contributed by atoms with van der Waals surface area (Å²) in [7, 11) is 1.38. The molecule has 2 aromatic carbocycles. The molecule has 0 N–H and O–H groups in total. The van der Waals surface area contributed by atoms with Crippen LogP contribution in [0.5, 0.6) is 0 Å². The number of anilines is 1. The Labute approximate surface area is 183 Å². The van der Waals surface area contributed by atoms with E-state index in [0.29, 0.717) is 12.1 Å². The van der Waals surface area contributed by atoms with Crippen molar-refractivity contribution in [1.29, 1.82) is 0 Å². The highest BCUT2D eigenvalue weighted by molar-refractivity contribution is 5.89. The van der Waals surface area contributed by atoms with Crippen LogP contribution in [0.1, 0.15) is 43.1 Å². The fourth-order valence-electron chi connectivity index (χ4n) is 4.92. The molecular weight excluding hydrogens is 392 g/mol. The predicted molar refractivity (Wildman–Crippen MR) is 119 cm³/mol. The molecule has 6 nitrogen and oxygen atoms in total. The zero-order valence-corrected chi connectivity index (χ0v) is 18.6. The van der Waals surface area contributed by atoms with Gasteiger partial charge < -0.3 is 14.4 Å². The highest BCUT2D eigenvalue weighted by atomic mass is 16.6. The van der Waals surface area contributed by atoms with Crippen molar-refractivity contribution in [3.05, 3.63) is 65.7 Å². The summed E-state index contributed by atoms with van der Waals surface area (Å²) in [4.78, 5) is 29.1. The molecule has 0 saturated carbocycles. The number of piperazine rings is 1. The molecule has 1 amide bonds. The third kappa shape index (κ3) is 3.75. The lowest BCUT2D eigenvalue weighted by molar-refractivity contribution is 0.0168. The van der Waals surface area contributed by atoms with Gasteiger partial charge in [0.1, 0.15) is 6.61 Å². The van der Waals surface area contributed by atoms with E-state index in [1.54, 1.807) is 12.1 Å². The van der Waals surface area contributed by atoms with Crippen LogP contribution in [0.25, 0.3) is 0 Å². The number of rotatable bonds is 4. The smallest absolute Gasteiger partial charge is 0.410 e. The van der Waals surface area contributed by atoms with Crippen LogP contribution in [0.15, 0.2) is 54.6 Å². The largest absolute Gasteiger partial charge is 0.465 e. The minimum atomic E-state index is -0.340. The molecule has 2 atom stereocenters. The standard InChI is InChI=1S/C25H30N2O4/c1-24(2,3)25-14-21(15-27(25)23(29)31-16-18-8-6-5-7-9-18)26(17-25)20-12-10-19(11-13-20)22(28)30-4/h5-13,21H,14-17H2,1-4H3. The lowest BCUT2D eigenvalue weighted by Crippen LogP contribution is -2.62. The van der Waals surface area contributed by atoms with Crippen LogP contribution in [0, 0.1) is 5.41 Å². The van der Waals surface area contributed by atoms with Crippen molar-refractivity contribution < 1.29 is 19.1 Å². The molecule has 2 unspecified atom stereocenters. The fraction of sp³-hybridized carbons (Fsp3) is 0.440. The molecule has 0 radical (unpaired) electrons. The van der Waals surface area contributed by atoms with Crippen molar-refractivity contribution in [1.82, 2.24) is 4.90 Å². The van der Waals surface area contributed by atoms with Gasteiger partial charge in [-0.05, 0) is 41.7 Å². The lowest BCUT2D eigenvalue weighted by atomic mass is 9.73. The van der Waals surface area contributed by atoms with Gasteiger partial charge in [0.2, 0.25) is 0 Å². The Morgan fingerprint density at radius 2 is 1.74 bits per heavy atom. The van der Waals surface area contributed by atoms with Gasteiger partial charge in [0, 0.05) is 24.8 Å². The first-order chi connectivity index (χ1) is 14.7. The van der Waals surface area contributed by atoms with Crippen LogP contribution < -0.4 is 4.90 Å².